The van der Waals surface area contributed by atoms with Gasteiger partial charge in [0, 0.05) is 30.9 Å². The summed E-state index contributed by atoms with van der Waals surface area (Å²) in [5.74, 6) is 0.411. The van der Waals surface area contributed by atoms with E-state index in [1.807, 2.05) is 24.3 Å². The number of carbonyl (C=O) groups is 1. The van der Waals surface area contributed by atoms with Gasteiger partial charge in [-0.05, 0) is 72.6 Å². The molecule has 6 rings (SSSR count). The molecule has 4 aromatic rings. The predicted molar refractivity (Wildman–Crippen MR) is 168 cm³/mol. The average molecular weight is 598 g/mol. The van der Waals surface area contributed by atoms with Crippen LogP contribution in [0.25, 0.3) is 21.5 Å². The largest absolute Gasteiger partial charge is 0.393 e. The number of thiazole rings is 1. The van der Waals surface area contributed by atoms with Crippen molar-refractivity contribution in [3.05, 3.63) is 64.1 Å². The van der Waals surface area contributed by atoms with Crippen molar-refractivity contribution in [3.63, 3.8) is 0 Å². The molecule has 4 heterocycles. The molecule has 1 aliphatic carbocycles. The van der Waals surface area contributed by atoms with Crippen molar-refractivity contribution in [1.82, 2.24) is 30.4 Å². The van der Waals surface area contributed by atoms with Crippen LogP contribution >= 0.6 is 11.3 Å². The summed E-state index contributed by atoms with van der Waals surface area (Å²) in [6.07, 6.45) is 6.80. The molecule has 1 saturated heterocycles. The summed E-state index contributed by atoms with van der Waals surface area (Å²) in [5.41, 5.74) is 6.49. The van der Waals surface area contributed by atoms with Gasteiger partial charge in [-0.2, -0.15) is 10.4 Å². The number of aliphatic hydroxyl groups is 1. The third-order valence-corrected chi connectivity index (χ3v) is 10.1. The van der Waals surface area contributed by atoms with Gasteiger partial charge in [-0.1, -0.05) is 56.4 Å². The Labute approximate surface area is 256 Å². The molecule has 3 aromatic heterocycles. The zero-order valence-electron chi connectivity index (χ0n) is 25.1. The molecule has 1 aromatic carbocycles. The Morgan fingerprint density at radius 2 is 1.98 bits per heavy atom. The van der Waals surface area contributed by atoms with Crippen molar-refractivity contribution in [2.24, 2.45) is 11.3 Å². The average Bonchev–Trinajstić information content (AvgIpc) is 3.65. The Morgan fingerprint density at radius 3 is 2.70 bits per heavy atom. The van der Waals surface area contributed by atoms with E-state index in [4.69, 9.17) is 9.97 Å². The van der Waals surface area contributed by atoms with E-state index in [9.17, 15) is 15.2 Å². The number of hydrogen-bond donors (Lipinski definition) is 3. The minimum atomic E-state index is -0.228. The molecule has 0 saturated carbocycles. The number of likely N-dealkylation sites (tertiary alicyclic amines) is 1. The molecule has 0 spiro atoms. The van der Waals surface area contributed by atoms with Gasteiger partial charge in [-0.25, -0.2) is 9.97 Å². The maximum atomic E-state index is 13.6. The summed E-state index contributed by atoms with van der Waals surface area (Å²) in [7, 11) is 0. The third-order valence-electron chi connectivity index (χ3n) is 9.14. The molecular weight excluding hydrogens is 558 g/mol. The highest BCUT2D eigenvalue weighted by Crippen LogP contribution is 2.38. The monoisotopic (exact) mass is 597 g/mol. The van der Waals surface area contributed by atoms with Gasteiger partial charge in [-0.15, -0.1) is 0 Å². The van der Waals surface area contributed by atoms with Gasteiger partial charge in [0.1, 0.15) is 22.1 Å². The summed E-state index contributed by atoms with van der Waals surface area (Å²) in [6.45, 7) is 9.42. The van der Waals surface area contributed by atoms with Crippen molar-refractivity contribution in [1.29, 1.82) is 5.26 Å². The van der Waals surface area contributed by atoms with E-state index in [0.717, 1.165) is 90.9 Å². The first-order valence-electron chi connectivity index (χ1n) is 15.2. The molecule has 1 fully saturated rings. The number of nitrogens with zero attached hydrogens (tertiary/aromatic N) is 5. The summed E-state index contributed by atoms with van der Waals surface area (Å²) in [6, 6.07) is 12.0. The van der Waals surface area contributed by atoms with E-state index in [0.29, 0.717) is 16.6 Å². The van der Waals surface area contributed by atoms with Crippen LogP contribution in [0.5, 0.6) is 0 Å². The molecule has 2 atom stereocenters. The number of nitriles is 1. The number of aromatic nitrogens is 4. The van der Waals surface area contributed by atoms with Crippen LogP contribution in [0.3, 0.4) is 0 Å². The number of aromatic amines is 1. The van der Waals surface area contributed by atoms with E-state index in [2.05, 4.69) is 53.3 Å². The first kappa shape index (κ1) is 29.4. The molecule has 1 aliphatic heterocycles. The number of piperidine rings is 1. The summed E-state index contributed by atoms with van der Waals surface area (Å²) >= 11 is 1.36. The lowest BCUT2D eigenvalue weighted by atomic mass is 9.71. The van der Waals surface area contributed by atoms with Crippen molar-refractivity contribution in [2.75, 3.05) is 19.6 Å². The number of pyridine rings is 1. The van der Waals surface area contributed by atoms with Crippen molar-refractivity contribution < 1.29 is 9.90 Å². The second-order valence-electron chi connectivity index (χ2n) is 13.0. The minimum absolute atomic E-state index is 0.196. The highest BCUT2D eigenvalue weighted by molar-refractivity contribution is 7.19. The number of hydrogen-bond acceptors (Lipinski definition) is 8. The highest BCUT2D eigenvalue weighted by Gasteiger charge is 2.30. The Hall–Kier alpha value is -3.65. The number of rotatable bonds is 7. The molecule has 224 valence electrons. The molecule has 2 aliphatic rings. The number of fused-ring (bicyclic) bond motifs is 2. The van der Waals surface area contributed by atoms with Crippen molar-refractivity contribution >= 4 is 27.6 Å². The fraction of sp³-hybridized carbons (Fsp3) is 0.485. The number of nitrogens with one attached hydrogen (secondary N) is 2. The Bertz CT molecular complexity index is 1640. The molecule has 9 nitrogen and oxygen atoms in total. The fourth-order valence-electron chi connectivity index (χ4n) is 6.33. The molecule has 0 bridgehead atoms. The van der Waals surface area contributed by atoms with Crippen LogP contribution in [-0.4, -0.2) is 61.8 Å². The van der Waals surface area contributed by atoms with E-state index in [-0.39, 0.29) is 23.5 Å². The molecular formula is C33H39N7O2S. The van der Waals surface area contributed by atoms with Gasteiger partial charge in [0.05, 0.1) is 18.3 Å². The van der Waals surface area contributed by atoms with Crippen LogP contribution in [0, 0.1) is 22.7 Å². The van der Waals surface area contributed by atoms with Crippen molar-refractivity contribution in [2.45, 2.75) is 71.4 Å². The molecule has 0 unspecified atom stereocenters. The zero-order chi connectivity index (χ0) is 30.1. The SMILES string of the molecule is CC(C)(C)[C@H]1CCc2nc3sc(C(=O)N[C@H](CCN4CCC(O)CC4)c4ccc(-c5cn[nH]c5C#N)cc4)nc3cc2C1. The molecule has 1 amide bonds. The second-order valence-corrected chi connectivity index (χ2v) is 14.0. The van der Waals surface area contributed by atoms with Gasteiger partial charge in [0.15, 0.2) is 5.01 Å². The van der Waals surface area contributed by atoms with Crippen LogP contribution in [0.2, 0.25) is 0 Å². The number of aliphatic hydroxyl groups excluding tert-OH is 1. The van der Waals surface area contributed by atoms with Gasteiger partial charge in [-0.3, -0.25) is 9.89 Å². The molecule has 10 heteroatoms. The number of aryl methyl sites for hydroxylation is 1. The van der Waals surface area contributed by atoms with Gasteiger partial charge >= 0.3 is 0 Å². The van der Waals surface area contributed by atoms with Crippen molar-refractivity contribution in [3.8, 4) is 17.2 Å². The van der Waals surface area contributed by atoms with Crippen LogP contribution in [0.15, 0.2) is 36.5 Å². The molecule has 3 N–H and O–H groups in total. The Balaban J connectivity index is 1.22. The molecule has 43 heavy (non-hydrogen) atoms. The number of benzene rings is 1. The third kappa shape index (κ3) is 6.49. The van der Waals surface area contributed by atoms with Crippen LogP contribution in [0.1, 0.15) is 84.8 Å². The van der Waals surface area contributed by atoms with Gasteiger partial charge in [0.25, 0.3) is 5.91 Å². The smallest absolute Gasteiger partial charge is 0.280 e. The Kier molecular flexibility index (Phi) is 8.32. The summed E-state index contributed by atoms with van der Waals surface area (Å²) in [5, 5.41) is 29.7. The van der Waals surface area contributed by atoms with Gasteiger partial charge < -0.3 is 15.3 Å². The maximum absolute atomic E-state index is 13.6. The first-order chi connectivity index (χ1) is 20.7. The minimum Gasteiger partial charge on any atom is -0.393 e. The lowest BCUT2D eigenvalue weighted by Crippen LogP contribution is -2.38. The fourth-order valence-corrected chi connectivity index (χ4v) is 7.17. The predicted octanol–water partition coefficient (Wildman–Crippen LogP) is 5.42. The van der Waals surface area contributed by atoms with Crippen LogP contribution in [-0.2, 0) is 12.8 Å². The zero-order valence-corrected chi connectivity index (χ0v) is 25.9. The quantitative estimate of drug-likeness (QED) is 0.259. The normalized spacial score (nSPS) is 18.7. The standard InChI is InChI=1S/C33H39N7O2S/c1-33(2,3)23-8-9-26-22(16-23)17-28-31(37-26)43-32(38-28)30(42)36-27(12-15-40-13-10-24(41)11-14-40)21-6-4-20(5-7-21)25-19-35-39-29(25)18-34/h4-7,17,19,23-24,27,41H,8-16H2,1-3H3,(H,35,39)(H,36,42)/t23-,27+/m0/s1. The second kappa shape index (κ2) is 12.2. The lowest BCUT2D eigenvalue weighted by molar-refractivity contribution is 0.0795. The summed E-state index contributed by atoms with van der Waals surface area (Å²) < 4.78 is 0. The van der Waals surface area contributed by atoms with E-state index in [1.165, 1.54) is 16.9 Å². The van der Waals surface area contributed by atoms with Crippen LogP contribution < -0.4 is 5.32 Å². The van der Waals surface area contributed by atoms with E-state index >= 15 is 0 Å². The highest BCUT2D eigenvalue weighted by atomic mass is 32.1. The lowest BCUT2D eigenvalue weighted by Gasteiger charge is -2.34. The van der Waals surface area contributed by atoms with E-state index < -0.39 is 0 Å². The summed E-state index contributed by atoms with van der Waals surface area (Å²) in [4.78, 5) is 26.5. The molecule has 0 radical (unpaired) electrons. The van der Waals surface area contributed by atoms with E-state index in [1.54, 1.807) is 6.20 Å². The maximum Gasteiger partial charge on any atom is 0.280 e. The topological polar surface area (TPSA) is 131 Å². The Morgan fingerprint density at radius 1 is 1.21 bits per heavy atom. The number of H-pyrrole nitrogens is 1. The van der Waals surface area contributed by atoms with Crippen LogP contribution in [0.4, 0.5) is 0 Å². The number of amides is 1. The first-order valence-corrected chi connectivity index (χ1v) is 16.0. The van der Waals surface area contributed by atoms with Gasteiger partial charge in [0.2, 0.25) is 0 Å². The number of carbonyl (C=O) groups excluding carboxylic acids is 1.